The summed E-state index contributed by atoms with van der Waals surface area (Å²) in [4.78, 5) is 15.4. The minimum Gasteiger partial charge on any atom is -0.394 e. The molecule has 1 rings (SSSR count). The summed E-state index contributed by atoms with van der Waals surface area (Å²) >= 11 is 0. The quantitative estimate of drug-likeness (QED) is 0.626. The number of carbonyl (C=O) groups excluding carboxylic acids is 1. The molecule has 1 aromatic heterocycles. The molecule has 5 nitrogen and oxygen atoms in total. The van der Waals surface area contributed by atoms with Gasteiger partial charge in [-0.1, -0.05) is 6.07 Å². The largest absolute Gasteiger partial charge is 0.394 e. The van der Waals surface area contributed by atoms with Crippen LogP contribution in [0.15, 0.2) is 30.6 Å². The van der Waals surface area contributed by atoms with Crippen LogP contribution in [0.25, 0.3) is 6.08 Å². The lowest BCUT2D eigenvalue weighted by molar-refractivity contribution is -0.119. The molecule has 0 aromatic carbocycles. The number of aliphatic hydroxyl groups excluding tert-OH is 2. The van der Waals surface area contributed by atoms with Gasteiger partial charge in [0.05, 0.1) is 18.8 Å². The molecule has 0 bridgehead atoms. The Balaban J connectivity index is 2.59. The zero-order chi connectivity index (χ0) is 12.7. The molecule has 17 heavy (non-hydrogen) atoms. The molecule has 1 amide bonds. The molecule has 3 N–H and O–H groups in total. The Labute approximate surface area is 99.8 Å². The molecule has 5 heteroatoms. The normalized spacial score (nSPS) is 11.7. The van der Waals surface area contributed by atoms with Crippen molar-refractivity contribution in [3.05, 3.63) is 36.2 Å². The van der Waals surface area contributed by atoms with E-state index in [9.17, 15) is 4.79 Å². The van der Waals surface area contributed by atoms with Crippen molar-refractivity contribution in [2.45, 2.75) is 12.5 Å². The van der Waals surface area contributed by atoms with E-state index < -0.39 is 5.54 Å². The molecule has 0 radical (unpaired) electrons. The summed E-state index contributed by atoms with van der Waals surface area (Å²) in [6, 6.07) is 3.58. The third-order valence-corrected chi connectivity index (χ3v) is 2.23. The van der Waals surface area contributed by atoms with E-state index in [0.29, 0.717) is 0 Å². The summed E-state index contributed by atoms with van der Waals surface area (Å²) in [6.45, 7) is 0.911. The summed E-state index contributed by atoms with van der Waals surface area (Å²) in [5, 5.41) is 20.5. The fraction of sp³-hybridized carbons (Fsp3) is 0.333. The van der Waals surface area contributed by atoms with Gasteiger partial charge in [-0.15, -0.1) is 0 Å². The van der Waals surface area contributed by atoms with Crippen LogP contribution >= 0.6 is 0 Å². The minimum atomic E-state index is -1.00. The van der Waals surface area contributed by atoms with Crippen molar-refractivity contribution in [3.8, 4) is 0 Å². The zero-order valence-corrected chi connectivity index (χ0v) is 9.63. The van der Waals surface area contributed by atoms with Crippen molar-refractivity contribution < 1.29 is 15.0 Å². The molecule has 0 saturated heterocycles. The predicted molar refractivity (Wildman–Crippen MR) is 64.0 cm³/mol. The number of aliphatic hydroxyl groups is 2. The SMILES string of the molecule is CC(CO)(CO)NC(=O)/C=C/c1cccnc1. The summed E-state index contributed by atoms with van der Waals surface area (Å²) < 4.78 is 0. The summed E-state index contributed by atoms with van der Waals surface area (Å²) in [5.41, 5.74) is -0.201. The van der Waals surface area contributed by atoms with Crippen molar-refractivity contribution in [1.29, 1.82) is 0 Å². The molecule has 92 valence electrons. The molecule has 0 aliphatic rings. The van der Waals surface area contributed by atoms with Gasteiger partial charge in [0.1, 0.15) is 0 Å². The van der Waals surface area contributed by atoms with E-state index in [2.05, 4.69) is 10.3 Å². The number of carbonyl (C=O) groups is 1. The number of pyridine rings is 1. The number of hydrogen-bond donors (Lipinski definition) is 3. The van der Waals surface area contributed by atoms with Crippen molar-refractivity contribution in [3.63, 3.8) is 0 Å². The molecule has 0 aliphatic heterocycles. The van der Waals surface area contributed by atoms with Gasteiger partial charge >= 0.3 is 0 Å². The van der Waals surface area contributed by atoms with Crippen molar-refractivity contribution in [2.75, 3.05) is 13.2 Å². The molecule has 1 aromatic rings. The first-order valence-corrected chi connectivity index (χ1v) is 5.21. The van der Waals surface area contributed by atoms with Crippen LogP contribution in [0.1, 0.15) is 12.5 Å². The van der Waals surface area contributed by atoms with E-state index in [-0.39, 0.29) is 19.1 Å². The average molecular weight is 236 g/mol. The molecule has 0 aliphatic carbocycles. The number of nitrogens with zero attached hydrogens (tertiary/aromatic N) is 1. The Morgan fingerprint density at radius 1 is 1.53 bits per heavy atom. The van der Waals surface area contributed by atoms with Crippen molar-refractivity contribution >= 4 is 12.0 Å². The van der Waals surface area contributed by atoms with E-state index in [0.717, 1.165) is 5.56 Å². The Morgan fingerprint density at radius 3 is 2.76 bits per heavy atom. The van der Waals surface area contributed by atoms with Crippen LogP contribution in [-0.2, 0) is 4.79 Å². The lowest BCUT2D eigenvalue weighted by Crippen LogP contribution is -2.51. The number of amides is 1. The summed E-state index contributed by atoms with van der Waals surface area (Å²) in [7, 11) is 0. The predicted octanol–water partition coefficient (Wildman–Crippen LogP) is -0.0457. The molecule has 0 saturated carbocycles. The summed E-state index contributed by atoms with van der Waals surface area (Å²) in [5.74, 6) is -0.376. The van der Waals surface area contributed by atoms with Crippen LogP contribution in [0.5, 0.6) is 0 Å². The van der Waals surface area contributed by atoms with Gasteiger partial charge in [-0.2, -0.15) is 0 Å². The lowest BCUT2D eigenvalue weighted by Gasteiger charge is -2.25. The standard InChI is InChI=1S/C12H16N2O3/c1-12(8-15,9-16)14-11(17)5-4-10-3-2-6-13-7-10/h2-7,15-16H,8-9H2,1H3,(H,14,17)/b5-4+. The first kappa shape index (κ1) is 13.3. The fourth-order valence-electron chi connectivity index (χ4n) is 1.11. The van der Waals surface area contributed by atoms with Crippen LogP contribution in [0, 0.1) is 0 Å². The molecule has 0 spiro atoms. The second-order valence-corrected chi connectivity index (χ2v) is 3.99. The first-order chi connectivity index (χ1) is 8.09. The molecule has 0 atom stereocenters. The van der Waals surface area contributed by atoms with Gasteiger partial charge in [-0.05, 0) is 24.6 Å². The average Bonchev–Trinajstić information content (AvgIpc) is 2.37. The second kappa shape index (κ2) is 6.12. The highest BCUT2D eigenvalue weighted by Crippen LogP contribution is 2.02. The Bertz CT molecular complexity index is 386. The Morgan fingerprint density at radius 2 is 2.24 bits per heavy atom. The summed E-state index contributed by atoms with van der Waals surface area (Å²) in [6.07, 6.45) is 6.21. The molecule has 0 unspecified atom stereocenters. The lowest BCUT2D eigenvalue weighted by atomic mass is 10.1. The molecular formula is C12H16N2O3. The van der Waals surface area contributed by atoms with E-state index in [1.54, 1.807) is 31.5 Å². The van der Waals surface area contributed by atoms with Gasteiger partial charge in [0.25, 0.3) is 0 Å². The minimum absolute atomic E-state index is 0.323. The van der Waals surface area contributed by atoms with Crippen molar-refractivity contribution in [1.82, 2.24) is 10.3 Å². The van der Waals surface area contributed by atoms with Crippen LogP contribution < -0.4 is 5.32 Å². The van der Waals surface area contributed by atoms with E-state index in [4.69, 9.17) is 10.2 Å². The third-order valence-electron chi connectivity index (χ3n) is 2.23. The smallest absolute Gasteiger partial charge is 0.244 e. The van der Waals surface area contributed by atoms with Gasteiger partial charge in [0, 0.05) is 18.5 Å². The van der Waals surface area contributed by atoms with E-state index >= 15 is 0 Å². The zero-order valence-electron chi connectivity index (χ0n) is 9.63. The van der Waals surface area contributed by atoms with E-state index in [1.165, 1.54) is 6.08 Å². The molecule has 0 fully saturated rings. The maximum absolute atomic E-state index is 11.5. The highest BCUT2D eigenvalue weighted by molar-refractivity contribution is 5.92. The highest BCUT2D eigenvalue weighted by Gasteiger charge is 2.23. The van der Waals surface area contributed by atoms with E-state index in [1.807, 2.05) is 6.07 Å². The topological polar surface area (TPSA) is 82.5 Å². The molecular weight excluding hydrogens is 220 g/mol. The van der Waals surface area contributed by atoms with Gasteiger partial charge in [-0.25, -0.2) is 0 Å². The van der Waals surface area contributed by atoms with Crippen LogP contribution in [0.4, 0.5) is 0 Å². The Kier molecular flexibility index (Phi) is 4.81. The third kappa shape index (κ3) is 4.34. The van der Waals surface area contributed by atoms with Crippen LogP contribution in [-0.4, -0.2) is 39.9 Å². The fourth-order valence-corrected chi connectivity index (χ4v) is 1.11. The van der Waals surface area contributed by atoms with Crippen LogP contribution in [0.2, 0.25) is 0 Å². The van der Waals surface area contributed by atoms with Crippen LogP contribution in [0.3, 0.4) is 0 Å². The maximum Gasteiger partial charge on any atom is 0.244 e. The number of aromatic nitrogens is 1. The maximum atomic E-state index is 11.5. The number of nitrogens with one attached hydrogen (secondary N) is 1. The van der Waals surface area contributed by atoms with Gasteiger partial charge in [0.2, 0.25) is 5.91 Å². The highest BCUT2D eigenvalue weighted by atomic mass is 16.3. The second-order valence-electron chi connectivity index (χ2n) is 3.99. The monoisotopic (exact) mass is 236 g/mol. The van der Waals surface area contributed by atoms with Crippen molar-refractivity contribution in [2.24, 2.45) is 0 Å². The number of hydrogen-bond acceptors (Lipinski definition) is 4. The molecule has 1 heterocycles. The first-order valence-electron chi connectivity index (χ1n) is 5.21. The number of rotatable bonds is 5. The van der Waals surface area contributed by atoms with Gasteiger partial charge in [0.15, 0.2) is 0 Å². The Hall–Kier alpha value is -1.72. The van der Waals surface area contributed by atoms with Gasteiger partial charge < -0.3 is 15.5 Å². The van der Waals surface area contributed by atoms with Gasteiger partial charge in [-0.3, -0.25) is 9.78 Å².